The number of anilines is 1. The zero-order valence-electron chi connectivity index (χ0n) is 22.0. The predicted molar refractivity (Wildman–Crippen MR) is 152 cm³/mol. The van der Waals surface area contributed by atoms with Crippen LogP contribution in [0.5, 0.6) is 0 Å². The molecule has 7 nitrogen and oxygen atoms in total. The van der Waals surface area contributed by atoms with Crippen molar-refractivity contribution >= 4 is 50.7 Å². The predicted octanol–water partition coefficient (Wildman–Crippen LogP) is 5.28. The number of hydrogen-bond acceptors (Lipinski definition) is 4. The van der Waals surface area contributed by atoms with Crippen LogP contribution in [-0.2, 0) is 26.2 Å². The fourth-order valence-electron chi connectivity index (χ4n) is 3.97. The minimum absolute atomic E-state index is 0.0233. The van der Waals surface area contributed by atoms with Crippen LogP contribution in [0.4, 0.5) is 5.69 Å². The van der Waals surface area contributed by atoms with Gasteiger partial charge in [0.1, 0.15) is 12.6 Å². The summed E-state index contributed by atoms with van der Waals surface area (Å²) < 4.78 is 28.9. The van der Waals surface area contributed by atoms with E-state index in [1.54, 1.807) is 50.2 Å². The molecule has 0 unspecified atom stereocenters. The summed E-state index contributed by atoms with van der Waals surface area (Å²) >= 11 is 12.2. The molecule has 0 radical (unpaired) electrons. The second-order valence-corrected chi connectivity index (χ2v) is 11.9. The number of carbonyl (C=O) groups is 2. The van der Waals surface area contributed by atoms with Gasteiger partial charge in [-0.25, -0.2) is 8.42 Å². The summed E-state index contributed by atoms with van der Waals surface area (Å²) in [5, 5.41) is 3.23. The smallest absolute Gasteiger partial charge is 0.264 e. The molecule has 1 N–H and O–H groups in total. The molecule has 0 heterocycles. The third-order valence-corrected chi connectivity index (χ3v) is 8.78. The Balaban J connectivity index is 2.08. The number of sulfonamides is 1. The number of carbonyl (C=O) groups excluding carboxylic acids is 2. The Labute approximate surface area is 234 Å². The molecule has 3 aromatic carbocycles. The molecular weight excluding hydrogens is 545 g/mol. The summed E-state index contributed by atoms with van der Waals surface area (Å²) in [5.74, 6) is -0.943. The summed E-state index contributed by atoms with van der Waals surface area (Å²) in [5.41, 5.74) is 3.47. The number of benzene rings is 3. The molecule has 1 atom stereocenters. The Morgan fingerprint density at radius 3 is 2.13 bits per heavy atom. The van der Waals surface area contributed by atoms with Gasteiger partial charge < -0.3 is 10.2 Å². The third-order valence-electron chi connectivity index (χ3n) is 6.27. The normalized spacial score (nSPS) is 12.1. The summed E-state index contributed by atoms with van der Waals surface area (Å²) in [6.45, 7) is 6.61. The van der Waals surface area contributed by atoms with Crippen molar-refractivity contribution in [3.05, 3.63) is 93.0 Å². The fraction of sp³-hybridized carbons (Fsp3) is 0.286. The molecule has 0 bridgehead atoms. The number of rotatable bonds is 9. The van der Waals surface area contributed by atoms with Crippen molar-refractivity contribution in [1.29, 1.82) is 0 Å². The van der Waals surface area contributed by atoms with Crippen LogP contribution >= 0.6 is 23.2 Å². The Bertz CT molecular complexity index is 1440. The van der Waals surface area contributed by atoms with Crippen LogP contribution in [0.3, 0.4) is 0 Å². The van der Waals surface area contributed by atoms with Crippen molar-refractivity contribution in [2.24, 2.45) is 0 Å². The highest BCUT2D eigenvalue weighted by Gasteiger charge is 2.33. The van der Waals surface area contributed by atoms with Crippen LogP contribution in [0.15, 0.2) is 65.6 Å². The molecule has 10 heteroatoms. The molecule has 0 saturated carbocycles. The van der Waals surface area contributed by atoms with Crippen LogP contribution in [0.2, 0.25) is 10.0 Å². The first kappa shape index (κ1) is 29.5. The van der Waals surface area contributed by atoms with Gasteiger partial charge in [0.2, 0.25) is 11.8 Å². The van der Waals surface area contributed by atoms with Crippen LogP contribution < -0.4 is 9.62 Å². The molecule has 0 aliphatic carbocycles. The second kappa shape index (κ2) is 12.2. The third kappa shape index (κ3) is 6.67. The van der Waals surface area contributed by atoms with Gasteiger partial charge in [-0.1, -0.05) is 59.1 Å². The Morgan fingerprint density at radius 2 is 1.53 bits per heavy atom. The Kier molecular flexibility index (Phi) is 9.46. The van der Waals surface area contributed by atoms with Crippen molar-refractivity contribution in [2.45, 2.75) is 45.2 Å². The lowest BCUT2D eigenvalue weighted by Gasteiger charge is -2.32. The average Bonchev–Trinajstić information content (AvgIpc) is 2.88. The number of nitrogens with one attached hydrogen (secondary N) is 1. The molecule has 0 fully saturated rings. The quantitative estimate of drug-likeness (QED) is 0.376. The van der Waals surface area contributed by atoms with E-state index >= 15 is 0 Å². The highest BCUT2D eigenvalue weighted by Crippen LogP contribution is 2.29. The minimum Gasteiger partial charge on any atom is -0.357 e. The highest BCUT2D eigenvalue weighted by atomic mass is 35.5. The Morgan fingerprint density at radius 1 is 0.895 bits per heavy atom. The van der Waals surface area contributed by atoms with Crippen molar-refractivity contribution in [2.75, 3.05) is 17.9 Å². The van der Waals surface area contributed by atoms with Gasteiger partial charge in [0, 0.05) is 13.6 Å². The molecular formula is C28H31Cl2N3O4S. The number of halogens is 2. The minimum atomic E-state index is -4.13. The van der Waals surface area contributed by atoms with Crippen LogP contribution in [0.25, 0.3) is 0 Å². The number of aryl methyl sites for hydroxylation is 3. The fourth-order valence-corrected chi connectivity index (χ4v) is 5.76. The molecule has 202 valence electrons. The molecule has 0 aromatic heterocycles. The average molecular weight is 577 g/mol. The molecule has 3 rings (SSSR count). The van der Waals surface area contributed by atoms with E-state index in [4.69, 9.17) is 23.2 Å². The monoisotopic (exact) mass is 575 g/mol. The summed E-state index contributed by atoms with van der Waals surface area (Å²) in [6.07, 6.45) is 0. The summed E-state index contributed by atoms with van der Waals surface area (Å²) in [6, 6.07) is 15.9. The van der Waals surface area contributed by atoms with E-state index in [9.17, 15) is 18.0 Å². The molecule has 2 amide bonds. The van der Waals surface area contributed by atoms with E-state index in [2.05, 4.69) is 5.32 Å². The van der Waals surface area contributed by atoms with Gasteiger partial charge in [-0.2, -0.15) is 0 Å². The van der Waals surface area contributed by atoms with Gasteiger partial charge in [-0.3, -0.25) is 13.9 Å². The number of hydrogen-bond donors (Lipinski definition) is 1. The van der Waals surface area contributed by atoms with E-state index in [-0.39, 0.29) is 11.4 Å². The first-order valence-electron chi connectivity index (χ1n) is 12.0. The highest BCUT2D eigenvalue weighted by molar-refractivity contribution is 7.92. The molecule has 0 aliphatic heterocycles. The number of likely N-dealkylation sites (N-methyl/N-ethyl adjacent to an activating group) is 1. The van der Waals surface area contributed by atoms with Crippen LogP contribution in [0, 0.1) is 20.8 Å². The SMILES string of the molecule is CNC(=O)[C@@H](C)N(Cc1ccc(Cl)c(Cl)c1)C(=O)CN(c1cc(C)ccc1C)S(=O)(=O)c1ccc(C)cc1. The van der Waals surface area contributed by atoms with E-state index in [1.165, 1.54) is 24.1 Å². The maximum absolute atomic E-state index is 13.9. The lowest BCUT2D eigenvalue weighted by atomic mass is 10.1. The first-order chi connectivity index (χ1) is 17.8. The lowest BCUT2D eigenvalue weighted by molar-refractivity contribution is -0.139. The van der Waals surface area contributed by atoms with Gasteiger partial charge >= 0.3 is 0 Å². The van der Waals surface area contributed by atoms with E-state index in [0.29, 0.717) is 26.9 Å². The zero-order chi connectivity index (χ0) is 28.2. The number of amides is 2. The Hall–Kier alpha value is -3.07. The standard InChI is InChI=1S/C28H31Cl2N3O4S/c1-18-7-11-23(12-8-18)38(36,37)33(26-14-19(2)6-9-20(26)3)17-27(34)32(21(4)28(35)31-5)16-22-10-13-24(29)25(30)15-22/h6-15,21H,16-17H2,1-5H3,(H,31,35)/t21-/m1/s1. The van der Waals surface area contributed by atoms with E-state index < -0.39 is 34.4 Å². The molecule has 0 aliphatic rings. The van der Waals surface area contributed by atoms with Crippen molar-refractivity contribution in [3.8, 4) is 0 Å². The van der Waals surface area contributed by atoms with Crippen molar-refractivity contribution in [3.63, 3.8) is 0 Å². The maximum Gasteiger partial charge on any atom is 0.264 e. The molecule has 38 heavy (non-hydrogen) atoms. The van der Waals surface area contributed by atoms with Gasteiger partial charge in [0.05, 0.1) is 20.6 Å². The molecule has 0 saturated heterocycles. The van der Waals surface area contributed by atoms with Crippen LogP contribution in [-0.4, -0.2) is 44.8 Å². The second-order valence-electron chi connectivity index (χ2n) is 9.17. The van der Waals surface area contributed by atoms with Gasteiger partial charge in [0.15, 0.2) is 0 Å². The first-order valence-corrected chi connectivity index (χ1v) is 14.2. The molecule has 3 aromatic rings. The van der Waals surface area contributed by atoms with E-state index in [1.807, 2.05) is 26.0 Å². The topological polar surface area (TPSA) is 86.8 Å². The van der Waals surface area contributed by atoms with Crippen LogP contribution in [0.1, 0.15) is 29.2 Å². The maximum atomic E-state index is 13.9. The van der Waals surface area contributed by atoms with Gasteiger partial charge in [0.25, 0.3) is 10.0 Å². The number of nitrogens with zero attached hydrogens (tertiary/aromatic N) is 2. The largest absolute Gasteiger partial charge is 0.357 e. The lowest BCUT2D eigenvalue weighted by Crippen LogP contribution is -2.50. The summed E-state index contributed by atoms with van der Waals surface area (Å²) in [7, 11) is -2.65. The molecule has 0 spiro atoms. The van der Waals surface area contributed by atoms with Crippen molar-refractivity contribution in [1.82, 2.24) is 10.2 Å². The van der Waals surface area contributed by atoms with Gasteiger partial charge in [-0.05, 0) is 74.7 Å². The van der Waals surface area contributed by atoms with Crippen molar-refractivity contribution < 1.29 is 18.0 Å². The van der Waals surface area contributed by atoms with E-state index in [0.717, 1.165) is 15.4 Å². The summed E-state index contributed by atoms with van der Waals surface area (Å²) in [4.78, 5) is 27.8. The zero-order valence-corrected chi connectivity index (χ0v) is 24.3. The van der Waals surface area contributed by atoms with Gasteiger partial charge in [-0.15, -0.1) is 0 Å².